The SMILES string of the molecule is CCC(C)C(=O)Nc1cc(C)ccn1. The van der Waals surface area contributed by atoms with Gasteiger partial charge in [-0.25, -0.2) is 4.98 Å². The van der Waals surface area contributed by atoms with Gasteiger partial charge in [0.05, 0.1) is 0 Å². The van der Waals surface area contributed by atoms with Gasteiger partial charge in [0.15, 0.2) is 0 Å². The molecule has 1 heterocycles. The van der Waals surface area contributed by atoms with Gasteiger partial charge in [0.25, 0.3) is 0 Å². The summed E-state index contributed by atoms with van der Waals surface area (Å²) in [5.41, 5.74) is 1.10. The Hall–Kier alpha value is -1.38. The van der Waals surface area contributed by atoms with Gasteiger partial charge in [0.2, 0.25) is 5.91 Å². The van der Waals surface area contributed by atoms with Crippen molar-refractivity contribution in [3.63, 3.8) is 0 Å². The third-order valence-corrected chi connectivity index (χ3v) is 2.23. The lowest BCUT2D eigenvalue weighted by Gasteiger charge is -2.09. The monoisotopic (exact) mass is 192 g/mol. The third kappa shape index (κ3) is 2.83. The van der Waals surface area contributed by atoms with Gasteiger partial charge in [-0.05, 0) is 31.0 Å². The number of aromatic nitrogens is 1. The molecule has 1 N–H and O–H groups in total. The number of anilines is 1. The van der Waals surface area contributed by atoms with Crippen LogP contribution < -0.4 is 5.32 Å². The molecule has 0 saturated heterocycles. The zero-order valence-electron chi connectivity index (χ0n) is 8.87. The number of amides is 1. The number of hydrogen-bond acceptors (Lipinski definition) is 2. The van der Waals surface area contributed by atoms with E-state index in [-0.39, 0.29) is 11.8 Å². The molecule has 1 aromatic heterocycles. The maximum atomic E-state index is 11.5. The predicted octanol–water partition coefficient (Wildman–Crippen LogP) is 2.37. The molecule has 0 fully saturated rings. The molecule has 1 unspecified atom stereocenters. The van der Waals surface area contributed by atoms with Crippen LogP contribution in [-0.2, 0) is 4.79 Å². The molecular formula is C11H16N2O. The van der Waals surface area contributed by atoms with Crippen LogP contribution in [0.4, 0.5) is 5.82 Å². The molecule has 3 nitrogen and oxygen atoms in total. The number of rotatable bonds is 3. The fourth-order valence-electron chi connectivity index (χ4n) is 1.04. The highest BCUT2D eigenvalue weighted by molar-refractivity contribution is 5.91. The van der Waals surface area contributed by atoms with Gasteiger partial charge in [0, 0.05) is 12.1 Å². The lowest BCUT2D eigenvalue weighted by atomic mass is 10.1. The Morgan fingerprint density at radius 1 is 1.64 bits per heavy atom. The van der Waals surface area contributed by atoms with Gasteiger partial charge in [-0.15, -0.1) is 0 Å². The summed E-state index contributed by atoms with van der Waals surface area (Å²) in [5, 5.41) is 2.78. The summed E-state index contributed by atoms with van der Waals surface area (Å²) in [6, 6.07) is 3.76. The molecule has 76 valence electrons. The average Bonchev–Trinajstić information content (AvgIpc) is 2.16. The van der Waals surface area contributed by atoms with Crippen LogP contribution in [0.3, 0.4) is 0 Å². The minimum Gasteiger partial charge on any atom is -0.310 e. The van der Waals surface area contributed by atoms with E-state index in [1.165, 1.54) is 0 Å². The van der Waals surface area contributed by atoms with E-state index in [0.717, 1.165) is 12.0 Å². The van der Waals surface area contributed by atoms with E-state index in [2.05, 4.69) is 10.3 Å². The Kier molecular flexibility index (Phi) is 3.63. The lowest BCUT2D eigenvalue weighted by Crippen LogP contribution is -2.20. The number of nitrogens with one attached hydrogen (secondary N) is 1. The van der Waals surface area contributed by atoms with Gasteiger partial charge >= 0.3 is 0 Å². The fraction of sp³-hybridized carbons (Fsp3) is 0.455. The van der Waals surface area contributed by atoms with Crippen LogP contribution in [-0.4, -0.2) is 10.9 Å². The van der Waals surface area contributed by atoms with Crippen LogP contribution >= 0.6 is 0 Å². The number of carbonyl (C=O) groups is 1. The van der Waals surface area contributed by atoms with Gasteiger partial charge in [-0.1, -0.05) is 13.8 Å². The number of nitrogens with zero attached hydrogens (tertiary/aromatic N) is 1. The van der Waals surface area contributed by atoms with Crippen LogP contribution in [0.5, 0.6) is 0 Å². The van der Waals surface area contributed by atoms with Crippen molar-refractivity contribution in [3.8, 4) is 0 Å². The summed E-state index contributed by atoms with van der Waals surface area (Å²) in [7, 11) is 0. The second-order valence-electron chi connectivity index (χ2n) is 3.52. The van der Waals surface area contributed by atoms with Crippen molar-refractivity contribution in [2.24, 2.45) is 5.92 Å². The van der Waals surface area contributed by atoms with E-state index in [9.17, 15) is 4.79 Å². The topological polar surface area (TPSA) is 42.0 Å². The Labute approximate surface area is 84.6 Å². The molecule has 0 aliphatic heterocycles. The molecule has 0 aromatic carbocycles. The maximum Gasteiger partial charge on any atom is 0.228 e. The standard InChI is InChI=1S/C11H16N2O/c1-4-9(3)11(14)13-10-7-8(2)5-6-12-10/h5-7,9H,4H2,1-3H3,(H,12,13,14). The number of aryl methyl sites for hydroxylation is 1. The van der Waals surface area contributed by atoms with E-state index in [0.29, 0.717) is 5.82 Å². The Balaban J connectivity index is 2.65. The van der Waals surface area contributed by atoms with E-state index in [1.807, 2.05) is 32.9 Å². The summed E-state index contributed by atoms with van der Waals surface area (Å²) in [6.45, 7) is 5.87. The molecule has 0 aliphatic carbocycles. The fourth-order valence-corrected chi connectivity index (χ4v) is 1.04. The first-order valence-corrected chi connectivity index (χ1v) is 4.87. The second kappa shape index (κ2) is 4.74. The Morgan fingerprint density at radius 3 is 2.93 bits per heavy atom. The molecule has 0 bridgehead atoms. The molecule has 3 heteroatoms. The molecule has 0 spiro atoms. The summed E-state index contributed by atoms with van der Waals surface area (Å²) in [5.74, 6) is 0.707. The normalized spacial score (nSPS) is 12.2. The first-order chi connectivity index (χ1) is 6.63. The molecule has 14 heavy (non-hydrogen) atoms. The second-order valence-corrected chi connectivity index (χ2v) is 3.52. The van der Waals surface area contributed by atoms with E-state index in [4.69, 9.17) is 0 Å². The molecule has 0 saturated carbocycles. The minimum absolute atomic E-state index is 0.0330. The smallest absolute Gasteiger partial charge is 0.228 e. The highest BCUT2D eigenvalue weighted by Gasteiger charge is 2.10. The summed E-state index contributed by atoms with van der Waals surface area (Å²) < 4.78 is 0. The van der Waals surface area contributed by atoms with Crippen molar-refractivity contribution < 1.29 is 4.79 Å². The first-order valence-electron chi connectivity index (χ1n) is 4.87. The molecule has 1 amide bonds. The molecule has 1 aromatic rings. The molecule has 0 radical (unpaired) electrons. The average molecular weight is 192 g/mol. The number of pyridine rings is 1. The molecule has 0 aliphatic rings. The van der Waals surface area contributed by atoms with Gasteiger partial charge in [-0.3, -0.25) is 4.79 Å². The van der Waals surface area contributed by atoms with Crippen LogP contribution in [0.2, 0.25) is 0 Å². The summed E-state index contributed by atoms with van der Waals surface area (Å²) in [6.07, 6.45) is 2.54. The van der Waals surface area contributed by atoms with Crippen molar-refractivity contribution in [1.82, 2.24) is 4.98 Å². The zero-order chi connectivity index (χ0) is 10.6. The van der Waals surface area contributed by atoms with E-state index < -0.39 is 0 Å². The minimum atomic E-state index is 0.0330. The lowest BCUT2D eigenvalue weighted by molar-refractivity contribution is -0.119. The highest BCUT2D eigenvalue weighted by atomic mass is 16.1. The molecule has 1 rings (SSSR count). The number of carbonyl (C=O) groups excluding carboxylic acids is 1. The van der Waals surface area contributed by atoms with Crippen molar-refractivity contribution in [2.75, 3.05) is 5.32 Å². The quantitative estimate of drug-likeness (QED) is 0.798. The van der Waals surface area contributed by atoms with Crippen LogP contribution in [0.25, 0.3) is 0 Å². The highest BCUT2D eigenvalue weighted by Crippen LogP contribution is 2.08. The van der Waals surface area contributed by atoms with Crippen molar-refractivity contribution in [2.45, 2.75) is 27.2 Å². The van der Waals surface area contributed by atoms with Crippen molar-refractivity contribution in [3.05, 3.63) is 23.9 Å². The van der Waals surface area contributed by atoms with Crippen LogP contribution in [0, 0.1) is 12.8 Å². The van der Waals surface area contributed by atoms with Crippen molar-refractivity contribution in [1.29, 1.82) is 0 Å². The van der Waals surface area contributed by atoms with Gasteiger partial charge in [-0.2, -0.15) is 0 Å². The van der Waals surface area contributed by atoms with E-state index in [1.54, 1.807) is 6.20 Å². The summed E-state index contributed by atoms with van der Waals surface area (Å²) in [4.78, 5) is 15.6. The predicted molar refractivity (Wildman–Crippen MR) is 57.1 cm³/mol. The van der Waals surface area contributed by atoms with Gasteiger partial charge in [0.1, 0.15) is 5.82 Å². The van der Waals surface area contributed by atoms with E-state index >= 15 is 0 Å². The zero-order valence-corrected chi connectivity index (χ0v) is 8.87. The third-order valence-electron chi connectivity index (χ3n) is 2.23. The van der Waals surface area contributed by atoms with Gasteiger partial charge < -0.3 is 5.32 Å². The Bertz CT molecular complexity index is 323. The number of hydrogen-bond donors (Lipinski definition) is 1. The largest absolute Gasteiger partial charge is 0.310 e. The molecular weight excluding hydrogens is 176 g/mol. The summed E-state index contributed by atoms with van der Waals surface area (Å²) >= 11 is 0. The maximum absolute atomic E-state index is 11.5. The Morgan fingerprint density at radius 2 is 2.36 bits per heavy atom. The van der Waals surface area contributed by atoms with Crippen molar-refractivity contribution >= 4 is 11.7 Å². The molecule has 1 atom stereocenters. The van der Waals surface area contributed by atoms with Crippen LogP contribution in [0.15, 0.2) is 18.3 Å². The first kappa shape index (κ1) is 10.7. The van der Waals surface area contributed by atoms with Crippen LogP contribution in [0.1, 0.15) is 25.8 Å².